The van der Waals surface area contributed by atoms with E-state index in [1.54, 1.807) is 30.5 Å². The summed E-state index contributed by atoms with van der Waals surface area (Å²) < 4.78 is 27.7. The molecule has 0 saturated carbocycles. The Labute approximate surface area is 135 Å². The zero-order valence-electron chi connectivity index (χ0n) is 12.4. The number of hydrogen-bond acceptors (Lipinski definition) is 5. The number of aromatic nitrogens is 1. The first-order valence-electron chi connectivity index (χ1n) is 7.33. The molecule has 0 atom stereocenters. The van der Waals surface area contributed by atoms with Crippen molar-refractivity contribution in [2.75, 3.05) is 22.7 Å². The van der Waals surface area contributed by atoms with Crippen molar-refractivity contribution in [3.8, 4) is 6.07 Å². The van der Waals surface area contributed by atoms with Crippen molar-refractivity contribution in [2.45, 2.75) is 17.7 Å². The van der Waals surface area contributed by atoms with Crippen LogP contribution in [-0.4, -0.2) is 26.5 Å². The summed E-state index contributed by atoms with van der Waals surface area (Å²) in [5, 5.41) is 8.92. The highest BCUT2D eigenvalue weighted by Gasteiger charge is 2.21. The van der Waals surface area contributed by atoms with E-state index in [4.69, 9.17) is 5.26 Å². The van der Waals surface area contributed by atoms with Crippen LogP contribution in [-0.2, 0) is 10.0 Å². The molecule has 0 amide bonds. The minimum Gasteiger partial charge on any atom is -0.355 e. The molecule has 7 heteroatoms. The number of hydrogen-bond donors (Lipinski definition) is 1. The topological polar surface area (TPSA) is 86.1 Å². The molecule has 118 valence electrons. The lowest BCUT2D eigenvalue weighted by Gasteiger charge is -2.20. The highest BCUT2D eigenvalue weighted by molar-refractivity contribution is 7.92. The standard InChI is InChI=1S/C16H16N4O2S/c17-12-13-5-3-6-14(11-13)23(21,22)19-15-7-4-8-18-16(15)20-9-1-2-10-20/h3-8,11,19H,1-2,9-10H2. The van der Waals surface area contributed by atoms with Crippen LogP contribution in [0.1, 0.15) is 18.4 Å². The van der Waals surface area contributed by atoms with E-state index in [0.717, 1.165) is 25.9 Å². The summed E-state index contributed by atoms with van der Waals surface area (Å²) in [6.45, 7) is 1.74. The Morgan fingerprint density at radius 3 is 2.70 bits per heavy atom. The number of sulfonamides is 1. The molecule has 1 aromatic heterocycles. The monoisotopic (exact) mass is 328 g/mol. The Bertz CT molecular complexity index is 852. The lowest BCUT2D eigenvalue weighted by atomic mass is 10.2. The molecule has 2 aromatic rings. The van der Waals surface area contributed by atoms with Gasteiger partial charge in [0.2, 0.25) is 0 Å². The van der Waals surface area contributed by atoms with Crippen LogP contribution >= 0.6 is 0 Å². The first kappa shape index (κ1) is 15.3. The first-order chi connectivity index (χ1) is 11.1. The molecule has 6 nitrogen and oxygen atoms in total. The van der Waals surface area contributed by atoms with Crippen molar-refractivity contribution >= 4 is 21.5 Å². The summed E-state index contributed by atoms with van der Waals surface area (Å²) in [7, 11) is -3.77. The molecule has 0 spiro atoms. The Hall–Kier alpha value is -2.59. The fourth-order valence-electron chi connectivity index (χ4n) is 2.59. The minimum absolute atomic E-state index is 0.0628. The molecule has 1 saturated heterocycles. The van der Waals surface area contributed by atoms with Crippen LogP contribution in [0.4, 0.5) is 11.5 Å². The minimum atomic E-state index is -3.77. The third kappa shape index (κ3) is 3.27. The van der Waals surface area contributed by atoms with Gasteiger partial charge in [0.25, 0.3) is 10.0 Å². The first-order valence-corrected chi connectivity index (χ1v) is 8.81. The van der Waals surface area contributed by atoms with Gasteiger partial charge in [0.15, 0.2) is 5.82 Å². The van der Waals surface area contributed by atoms with E-state index in [9.17, 15) is 8.42 Å². The van der Waals surface area contributed by atoms with Gasteiger partial charge in [-0.3, -0.25) is 4.72 Å². The van der Waals surface area contributed by atoms with Crippen LogP contribution in [0.15, 0.2) is 47.5 Å². The van der Waals surface area contributed by atoms with Crippen LogP contribution < -0.4 is 9.62 Å². The molecular formula is C16H16N4O2S. The Kier molecular flexibility index (Phi) is 4.17. The summed E-state index contributed by atoms with van der Waals surface area (Å²) in [6, 6.07) is 11.3. The number of nitrogens with one attached hydrogen (secondary N) is 1. The second-order valence-electron chi connectivity index (χ2n) is 5.31. The summed E-state index contributed by atoms with van der Waals surface area (Å²) >= 11 is 0. The molecule has 0 aliphatic carbocycles. The predicted molar refractivity (Wildman–Crippen MR) is 87.6 cm³/mol. The van der Waals surface area contributed by atoms with Gasteiger partial charge in [0.1, 0.15) is 0 Å². The van der Waals surface area contributed by atoms with Gasteiger partial charge in [-0.2, -0.15) is 5.26 Å². The molecule has 0 unspecified atom stereocenters. The summed E-state index contributed by atoms with van der Waals surface area (Å²) in [5.74, 6) is 0.644. The number of anilines is 2. The SMILES string of the molecule is N#Cc1cccc(S(=O)(=O)Nc2cccnc2N2CCCC2)c1. The van der Waals surface area contributed by atoms with Gasteiger partial charge < -0.3 is 4.90 Å². The van der Waals surface area contributed by atoms with Crippen molar-refractivity contribution in [2.24, 2.45) is 0 Å². The maximum atomic E-state index is 12.6. The molecule has 3 rings (SSSR count). The lowest BCUT2D eigenvalue weighted by Crippen LogP contribution is -2.22. The molecular weight excluding hydrogens is 312 g/mol. The Morgan fingerprint density at radius 2 is 1.96 bits per heavy atom. The van der Waals surface area contributed by atoms with E-state index in [1.165, 1.54) is 12.1 Å². The zero-order valence-corrected chi connectivity index (χ0v) is 13.3. The quantitative estimate of drug-likeness (QED) is 0.931. The maximum Gasteiger partial charge on any atom is 0.262 e. The highest BCUT2D eigenvalue weighted by atomic mass is 32.2. The summed E-state index contributed by atoms with van der Waals surface area (Å²) in [5.41, 5.74) is 0.760. The second-order valence-corrected chi connectivity index (χ2v) is 7.00. The number of rotatable bonds is 4. The average Bonchev–Trinajstić information content (AvgIpc) is 3.09. The highest BCUT2D eigenvalue weighted by Crippen LogP contribution is 2.28. The smallest absolute Gasteiger partial charge is 0.262 e. The summed E-state index contributed by atoms with van der Waals surface area (Å²) in [4.78, 5) is 6.45. The molecule has 23 heavy (non-hydrogen) atoms. The van der Waals surface area contributed by atoms with Gasteiger partial charge in [-0.05, 0) is 43.2 Å². The van der Waals surface area contributed by atoms with Gasteiger partial charge in [0.05, 0.1) is 22.2 Å². The molecule has 1 fully saturated rings. The van der Waals surface area contributed by atoms with Crippen molar-refractivity contribution in [3.05, 3.63) is 48.2 Å². The molecule has 1 aliphatic rings. The zero-order chi connectivity index (χ0) is 16.3. The number of benzene rings is 1. The van der Waals surface area contributed by atoms with Crippen molar-refractivity contribution in [3.63, 3.8) is 0 Å². The Morgan fingerprint density at radius 1 is 1.17 bits per heavy atom. The number of nitriles is 1. The van der Waals surface area contributed by atoms with Crippen molar-refractivity contribution in [1.82, 2.24) is 4.98 Å². The van der Waals surface area contributed by atoms with Gasteiger partial charge >= 0.3 is 0 Å². The van der Waals surface area contributed by atoms with E-state index in [2.05, 4.69) is 14.6 Å². The van der Waals surface area contributed by atoms with E-state index in [1.807, 2.05) is 6.07 Å². The number of nitrogens with zero attached hydrogens (tertiary/aromatic N) is 3. The van der Waals surface area contributed by atoms with Gasteiger partial charge in [0, 0.05) is 19.3 Å². The molecule has 1 aliphatic heterocycles. The fraction of sp³-hybridized carbons (Fsp3) is 0.250. The van der Waals surface area contributed by atoms with Crippen molar-refractivity contribution in [1.29, 1.82) is 5.26 Å². The van der Waals surface area contributed by atoms with E-state index in [-0.39, 0.29) is 4.90 Å². The van der Waals surface area contributed by atoms with Crippen LogP contribution in [0.25, 0.3) is 0 Å². The van der Waals surface area contributed by atoms with Gasteiger partial charge in [-0.1, -0.05) is 6.07 Å². The van der Waals surface area contributed by atoms with Crippen LogP contribution in [0.5, 0.6) is 0 Å². The van der Waals surface area contributed by atoms with Crippen LogP contribution in [0.3, 0.4) is 0 Å². The van der Waals surface area contributed by atoms with Gasteiger partial charge in [-0.25, -0.2) is 13.4 Å². The molecule has 1 aromatic carbocycles. The third-order valence-electron chi connectivity index (χ3n) is 3.71. The van der Waals surface area contributed by atoms with Crippen molar-refractivity contribution < 1.29 is 8.42 Å². The fourth-order valence-corrected chi connectivity index (χ4v) is 3.70. The predicted octanol–water partition coefficient (Wildman–Crippen LogP) is 2.35. The second kappa shape index (κ2) is 6.26. The van der Waals surface area contributed by atoms with Crippen LogP contribution in [0, 0.1) is 11.3 Å². The average molecular weight is 328 g/mol. The largest absolute Gasteiger partial charge is 0.355 e. The van der Waals surface area contributed by atoms with E-state index < -0.39 is 10.0 Å². The molecule has 0 radical (unpaired) electrons. The molecule has 2 heterocycles. The lowest BCUT2D eigenvalue weighted by molar-refractivity contribution is 0.601. The third-order valence-corrected chi connectivity index (χ3v) is 5.07. The van der Waals surface area contributed by atoms with Gasteiger partial charge in [-0.15, -0.1) is 0 Å². The number of pyridine rings is 1. The van der Waals surface area contributed by atoms with E-state index >= 15 is 0 Å². The normalized spacial score (nSPS) is 14.5. The maximum absolute atomic E-state index is 12.6. The molecule has 0 bridgehead atoms. The van der Waals surface area contributed by atoms with E-state index in [0.29, 0.717) is 17.1 Å². The molecule has 1 N–H and O–H groups in total. The summed E-state index contributed by atoms with van der Waals surface area (Å²) in [6.07, 6.45) is 3.81. The van der Waals surface area contributed by atoms with Crippen LogP contribution in [0.2, 0.25) is 0 Å². The Balaban J connectivity index is 1.93.